The van der Waals surface area contributed by atoms with Crippen molar-refractivity contribution in [2.75, 3.05) is 0 Å². The Balaban J connectivity index is 2.05. The van der Waals surface area contributed by atoms with E-state index in [9.17, 15) is 0 Å². The molecular weight excluding hydrogens is 206 g/mol. The highest BCUT2D eigenvalue weighted by molar-refractivity contribution is 5.49. The summed E-state index contributed by atoms with van der Waals surface area (Å²) in [5.74, 6) is 0. The maximum absolute atomic E-state index is 5.71. The van der Waals surface area contributed by atoms with Gasteiger partial charge in [0, 0.05) is 6.54 Å². The third-order valence-electron chi connectivity index (χ3n) is 2.79. The molecule has 0 aliphatic carbocycles. The van der Waals surface area contributed by atoms with Gasteiger partial charge in [0.1, 0.15) is 0 Å². The summed E-state index contributed by atoms with van der Waals surface area (Å²) in [6.07, 6.45) is 5.26. The molecule has 0 aromatic heterocycles. The summed E-state index contributed by atoms with van der Waals surface area (Å²) < 4.78 is 0. The van der Waals surface area contributed by atoms with Crippen molar-refractivity contribution in [2.24, 2.45) is 5.73 Å². The minimum absolute atomic E-state index is 0.606. The van der Waals surface area contributed by atoms with Crippen molar-refractivity contribution in [2.45, 2.75) is 13.0 Å². The van der Waals surface area contributed by atoms with Crippen LogP contribution in [-0.4, -0.2) is 0 Å². The van der Waals surface area contributed by atoms with Gasteiger partial charge in [-0.15, -0.1) is 0 Å². The summed E-state index contributed by atoms with van der Waals surface area (Å²) >= 11 is 0. The van der Waals surface area contributed by atoms with Crippen LogP contribution in [0.1, 0.15) is 16.7 Å². The zero-order chi connectivity index (χ0) is 11.9. The molecule has 0 saturated heterocycles. The van der Waals surface area contributed by atoms with Crippen LogP contribution in [-0.2, 0) is 13.0 Å². The van der Waals surface area contributed by atoms with Gasteiger partial charge in [-0.1, -0.05) is 66.7 Å². The number of nitrogens with two attached hydrogens (primary N) is 1. The van der Waals surface area contributed by atoms with Gasteiger partial charge in [-0.3, -0.25) is 0 Å². The number of hydrogen-bond donors (Lipinski definition) is 1. The highest BCUT2D eigenvalue weighted by Crippen LogP contribution is 2.10. The monoisotopic (exact) mass is 223 g/mol. The van der Waals surface area contributed by atoms with Gasteiger partial charge >= 0.3 is 0 Å². The zero-order valence-corrected chi connectivity index (χ0v) is 9.84. The molecule has 0 fully saturated rings. The van der Waals surface area contributed by atoms with E-state index in [0.717, 1.165) is 6.42 Å². The second-order valence-corrected chi connectivity index (χ2v) is 3.99. The summed E-state index contributed by atoms with van der Waals surface area (Å²) in [5, 5.41) is 0. The van der Waals surface area contributed by atoms with Crippen LogP contribution in [0.4, 0.5) is 0 Å². The SMILES string of the molecule is NCc1ccccc1C/C=C/c1ccccc1. The Bertz CT molecular complexity index is 486. The highest BCUT2D eigenvalue weighted by Gasteiger charge is 1.96. The summed E-state index contributed by atoms with van der Waals surface area (Å²) in [6, 6.07) is 18.7. The van der Waals surface area contributed by atoms with Gasteiger partial charge < -0.3 is 5.73 Å². The first-order valence-electron chi connectivity index (χ1n) is 5.88. The molecule has 0 amide bonds. The second-order valence-electron chi connectivity index (χ2n) is 3.99. The van der Waals surface area contributed by atoms with Crippen LogP contribution in [0.15, 0.2) is 60.7 Å². The molecule has 0 aliphatic heterocycles. The maximum Gasteiger partial charge on any atom is 0.0180 e. The van der Waals surface area contributed by atoms with Crippen LogP contribution in [0, 0.1) is 0 Å². The van der Waals surface area contributed by atoms with Crippen LogP contribution in [0.5, 0.6) is 0 Å². The Kier molecular flexibility index (Phi) is 4.11. The molecule has 86 valence electrons. The number of hydrogen-bond acceptors (Lipinski definition) is 1. The third-order valence-corrected chi connectivity index (χ3v) is 2.79. The third kappa shape index (κ3) is 3.30. The molecule has 2 aromatic carbocycles. The smallest absolute Gasteiger partial charge is 0.0180 e. The van der Waals surface area contributed by atoms with E-state index in [-0.39, 0.29) is 0 Å². The molecular formula is C16H17N. The fourth-order valence-corrected chi connectivity index (χ4v) is 1.84. The molecule has 2 N–H and O–H groups in total. The lowest BCUT2D eigenvalue weighted by molar-refractivity contribution is 1.03. The van der Waals surface area contributed by atoms with Crippen molar-refractivity contribution >= 4 is 6.08 Å². The quantitative estimate of drug-likeness (QED) is 0.844. The summed E-state index contributed by atoms with van der Waals surface area (Å²) in [6.45, 7) is 0.606. The van der Waals surface area contributed by atoms with Gasteiger partial charge in [0.25, 0.3) is 0 Å². The Hall–Kier alpha value is -1.86. The Morgan fingerprint density at radius 1 is 0.824 bits per heavy atom. The van der Waals surface area contributed by atoms with Gasteiger partial charge in [-0.25, -0.2) is 0 Å². The molecule has 0 radical (unpaired) electrons. The van der Waals surface area contributed by atoms with Gasteiger partial charge in [-0.2, -0.15) is 0 Å². The summed E-state index contributed by atoms with van der Waals surface area (Å²) in [7, 11) is 0. The van der Waals surface area contributed by atoms with Crippen LogP contribution in [0.2, 0.25) is 0 Å². The molecule has 1 nitrogen and oxygen atoms in total. The molecule has 0 spiro atoms. The molecule has 17 heavy (non-hydrogen) atoms. The Morgan fingerprint density at radius 3 is 2.18 bits per heavy atom. The minimum atomic E-state index is 0.606. The second kappa shape index (κ2) is 6.02. The summed E-state index contributed by atoms with van der Waals surface area (Å²) in [5.41, 5.74) is 9.48. The standard InChI is InChI=1S/C16H17N/c17-13-16-11-5-4-10-15(16)12-6-9-14-7-2-1-3-8-14/h1-11H,12-13,17H2/b9-6+. The lowest BCUT2D eigenvalue weighted by Gasteiger charge is -2.04. The Morgan fingerprint density at radius 2 is 1.47 bits per heavy atom. The van der Waals surface area contributed by atoms with Crippen molar-refractivity contribution in [3.05, 3.63) is 77.4 Å². The van der Waals surface area contributed by atoms with Crippen molar-refractivity contribution in [1.82, 2.24) is 0 Å². The predicted molar refractivity (Wildman–Crippen MR) is 73.5 cm³/mol. The fourth-order valence-electron chi connectivity index (χ4n) is 1.84. The van der Waals surface area contributed by atoms with Gasteiger partial charge in [0.15, 0.2) is 0 Å². The lowest BCUT2D eigenvalue weighted by atomic mass is 10.0. The van der Waals surface area contributed by atoms with Crippen LogP contribution >= 0.6 is 0 Å². The van der Waals surface area contributed by atoms with Crippen molar-refractivity contribution in [3.8, 4) is 0 Å². The first kappa shape index (κ1) is 11.6. The predicted octanol–water partition coefficient (Wildman–Crippen LogP) is 3.40. The number of allylic oxidation sites excluding steroid dienone is 1. The van der Waals surface area contributed by atoms with E-state index in [0.29, 0.717) is 6.54 Å². The molecule has 0 heterocycles. The molecule has 2 rings (SSSR count). The number of benzene rings is 2. The molecule has 0 bridgehead atoms. The van der Waals surface area contributed by atoms with Gasteiger partial charge in [-0.05, 0) is 23.1 Å². The molecule has 1 heteroatoms. The molecule has 0 unspecified atom stereocenters. The van der Waals surface area contributed by atoms with E-state index >= 15 is 0 Å². The lowest BCUT2D eigenvalue weighted by Crippen LogP contribution is -2.00. The van der Waals surface area contributed by atoms with Crippen molar-refractivity contribution in [1.29, 1.82) is 0 Å². The van der Waals surface area contributed by atoms with E-state index in [1.165, 1.54) is 16.7 Å². The van der Waals surface area contributed by atoms with Crippen molar-refractivity contribution < 1.29 is 0 Å². The van der Waals surface area contributed by atoms with Crippen LogP contribution < -0.4 is 5.73 Å². The van der Waals surface area contributed by atoms with Crippen LogP contribution in [0.25, 0.3) is 6.08 Å². The fraction of sp³-hybridized carbons (Fsp3) is 0.125. The minimum Gasteiger partial charge on any atom is -0.326 e. The number of rotatable bonds is 4. The largest absolute Gasteiger partial charge is 0.326 e. The first-order valence-corrected chi connectivity index (χ1v) is 5.88. The van der Waals surface area contributed by atoms with Gasteiger partial charge in [0.2, 0.25) is 0 Å². The average molecular weight is 223 g/mol. The zero-order valence-electron chi connectivity index (χ0n) is 9.84. The molecule has 2 aromatic rings. The van der Waals surface area contributed by atoms with E-state index in [4.69, 9.17) is 5.73 Å². The van der Waals surface area contributed by atoms with E-state index in [1.54, 1.807) is 0 Å². The van der Waals surface area contributed by atoms with E-state index < -0.39 is 0 Å². The average Bonchev–Trinajstić information content (AvgIpc) is 2.40. The normalized spacial score (nSPS) is 10.9. The molecule has 0 atom stereocenters. The Labute approximate surface area is 103 Å². The van der Waals surface area contributed by atoms with E-state index in [1.807, 2.05) is 24.3 Å². The highest BCUT2D eigenvalue weighted by atomic mass is 14.5. The molecule has 0 aliphatic rings. The molecule has 0 saturated carbocycles. The maximum atomic E-state index is 5.71. The van der Waals surface area contributed by atoms with Gasteiger partial charge in [0.05, 0.1) is 0 Å². The first-order chi connectivity index (χ1) is 8.40. The van der Waals surface area contributed by atoms with Crippen LogP contribution in [0.3, 0.4) is 0 Å². The van der Waals surface area contributed by atoms with Crippen molar-refractivity contribution in [3.63, 3.8) is 0 Å². The topological polar surface area (TPSA) is 26.0 Å². The van der Waals surface area contributed by atoms with E-state index in [2.05, 4.69) is 42.5 Å². The summed E-state index contributed by atoms with van der Waals surface area (Å²) in [4.78, 5) is 0.